The van der Waals surface area contributed by atoms with E-state index in [4.69, 9.17) is 0 Å². The molecule has 0 bridgehead atoms. The molecule has 2 N–H and O–H groups in total. The molecule has 1 aromatic rings. The molecule has 0 saturated carbocycles. The van der Waals surface area contributed by atoms with Crippen molar-refractivity contribution in [3.63, 3.8) is 0 Å². The molecule has 1 unspecified atom stereocenters. The Morgan fingerprint density at radius 3 is 2.81 bits per heavy atom. The number of rotatable bonds is 3. The van der Waals surface area contributed by atoms with Crippen molar-refractivity contribution in [1.29, 1.82) is 0 Å². The van der Waals surface area contributed by atoms with E-state index >= 15 is 0 Å². The van der Waals surface area contributed by atoms with Crippen molar-refractivity contribution in [2.24, 2.45) is 0 Å². The molecule has 1 aliphatic rings. The van der Waals surface area contributed by atoms with Crippen LogP contribution < -0.4 is 5.32 Å². The summed E-state index contributed by atoms with van der Waals surface area (Å²) < 4.78 is 0. The fourth-order valence-corrected chi connectivity index (χ4v) is 3.14. The van der Waals surface area contributed by atoms with Gasteiger partial charge in [0.1, 0.15) is 5.54 Å². The Morgan fingerprint density at radius 1 is 1.62 bits per heavy atom. The minimum absolute atomic E-state index is 0.502. The molecular weight excluding hydrogens is 224 g/mol. The van der Waals surface area contributed by atoms with Gasteiger partial charge in [0.05, 0.1) is 10.7 Å². The first-order valence-corrected chi connectivity index (χ1v) is 6.26. The maximum atomic E-state index is 11.3. The summed E-state index contributed by atoms with van der Waals surface area (Å²) in [4.78, 5) is 16.9. The third-order valence-corrected chi connectivity index (χ3v) is 4.25. The molecule has 1 saturated heterocycles. The summed E-state index contributed by atoms with van der Waals surface area (Å²) in [5, 5.41) is 13.4. The molecule has 1 aliphatic heterocycles. The van der Waals surface area contributed by atoms with Gasteiger partial charge in [0, 0.05) is 11.3 Å². The Bertz CT molecular complexity index is 389. The molecule has 2 rings (SSSR count). The smallest absolute Gasteiger partial charge is 0.324 e. The van der Waals surface area contributed by atoms with Crippen LogP contribution in [0.3, 0.4) is 0 Å². The van der Waals surface area contributed by atoms with Crippen LogP contribution in [0.1, 0.15) is 28.4 Å². The lowest BCUT2D eigenvalue weighted by molar-refractivity contribution is -0.144. The van der Waals surface area contributed by atoms with E-state index in [0.29, 0.717) is 12.8 Å². The summed E-state index contributed by atoms with van der Waals surface area (Å²) >= 11 is 1.60. The summed E-state index contributed by atoms with van der Waals surface area (Å²) in [6.07, 6.45) is 2.12. The van der Waals surface area contributed by atoms with E-state index in [-0.39, 0.29) is 0 Å². The van der Waals surface area contributed by atoms with Gasteiger partial charge in [-0.2, -0.15) is 0 Å². The van der Waals surface area contributed by atoms with Crippen LogP contribution in [0.2, 0.25) is 0 Å². The lowest BCUT2D eigenvalue weighted by Gasteiger charge is -2.22. The number of hydrogen-bond acceptors (Lipinski definition) is 4. The molecule has 4 nitrogen and oxygen atoms in total. The van der Waals surface area contributed by atoms with Crippen LogP contribution in [0.5, 0.6) is 0 Å². The molecule has 1 fully saturated rings. The highest BCUT2D eigenvalue weighted by atomic mass is 32.1. The van der Waals surface area contributed by atoms with Crippen molar-refractivity contribution < 1.29 is 9.90 Å². The maximum absolute atomic E-state index is 11.3. The van der Waals surface area contributed by atoms with Gasteiger partial charge in [0.2, 0.25) is 0 Å². The van der Waals surface area contributed by atoms with Crippen LogP contribution in [0.15, 0.2) is 0 Å². The van der Waals surface area contributed by atoms with Gasteiger partial charge in [0.15, 0.2) is 0 Å². The van der Waals surface area contributed by atoms with Crippen LogP contribution in [-0.4, -0.2) is 28.1 Å². The standard InChI is InChI=1S/C11H16N2O2S/c1-7-8(2)16-9(13-7)6-11(10(14)15)4-3-5-12-11/h12H,3-6H2,1-2H3,(H,14,15). The number of nitrogens with one attached hydrogen (secondary N) is 1. The second-order valence-corrected chi connectivity index (χ2v) is 5.63. The molecule has 88 valence electrons. The van der Waals surface area contributed by atoms with E-state index in [9.17, 15) is 9.90 Å². The molecule has 0 aliphatic carbocycles. The van der Waals surface area contributed by atoms with Crippen molar-refractivity contribution in [3.8, 4) is 0 Å². The minimum Gasteiger partial charge on any atom is -0.480 e. The normalized spacial score (nSPS) is 24.9. The quantitative estimate of drug-likeness (QED) is 0.840. The molecule has 0 aromatic carbocycles. The Balaban J connectivity index is 2.21. The van der Waals surface area contributed by atoms with Crippen LogP contribution >= 0.6 is 11.3 Å². The van der Waals surface area contributed by atoms with E-state index in [1.165, 1.54) is 4.88 Å². The summed E-state index contributed by atoms with van der Waals surface area (Å²) in [6, 6.07) is 0. The fourth-order valence-electron chi connectivity index (χ4n) is 2.09. The average molecular weight is 240 g/mol. The SMILES string of the molecule is Cc1nc(CC2(C(=O)O)CCCN2)sc1C. The number of aromatic nitrogens is 1. The Morgan fingerprint density at radius 2 is 2.38 bits per heavy atom. The van der Waals surface area contributed by atoms with Gasteiger partial charge < -0.3 is 10.4 Å². The van der Waals surface area contributed by atoms with Crippen molar-refractivity contribution in [2.45, 2.75) is 38.6 Å². The van der Waals surface area contributed by atoms with Gasteiger partial charge in [-0.3, -0.25) is 4.79 Å². The largest absolute Gasteiger partial charge is 0.480 e. The zero-order valence-electron chi connectivity index (χ0n) is 9.54. The number of hydrogen-bond donors (Lipinski definition) is 2. The molecule has 0 radical (unpaired) electrons. The Labute approximate surface area is 98.7 Å². The third kappa shape index (κ3) is 1.97. The van der Waals surface area contributed by atoms with Crippen molar-refractivity contribution in [1.82, 2.24) is 10.3 Å². The molecule has 1 atom stereocenters. The summed E-state index contributed by atoms with van der Waals surface area (Å²) in [6.45, 7) is 4.77. The third-order valence-electron chi connectivity index (χ3n) is 3.18. The Hall–Kier alpha value is -0.940. The molecule has 0 amide bonds. The van der Waals surface area contributed by atoms with Crippen molar-refractivity contribution >= 4 is 17.3 Å². The highest BCUT2D eigenvalue weighted by Crippen LogP contribution is 2.27. The minimum atomic E-state index is -0.781. The van der Waals surface area contributed by atoms with E-state index in [1.54, 1.807) is 11.3 Å². The lowest BCUT2D eigenvalue weighted by Crippen LogP contribution is -2.49. The molecular formula is C11H16N2O2S. The summed E-state index contributed by atoms with van der Waals surface area (Å²) in [5.41, 5.74) is 0.232. The van der Waals surface area contributed by atoms with Gasteiger partial charge in [-0.05, 0) is 33.2 Å². The second-order valence-electron chi connectivity index (χ2n) is 4.34. The fraction of sp³-hybridized carbons (Fsp3) is 0.636. The van der Waals surface area contributed by atoms with Crippen LogP contribution in [-0.2, 0) is 11.2 Å². The van der Waals surface area contributed by atoms with Gasteiger partial charge >= 0.3 is 5.97 Å². The first-order valence-electron chi connectivity index (χ1n) is 5.45. The zero-order valence-corrected chi connectivity index (χ0v) is 10.4. The molecule has 1 aromatic heterocycles. The Kier molecular flexibility index (Phi) is 2.99. The summed E-state index contributed by atoms with van der Waals surface area (Å²) in [7, 11) is 0. The van der Waals surface area contributed by atoms with Crippen LogP contribution in [0.25, 0.3) is 0 Å². The molecule has 2 heterocycles. The van der Waals surface area contributed by atoms with E-state index in [1.807, 2.05) is 13.8 Å². The average Bonchev–Trinajstić information content (AvgIpc) is 2.77. The van der Waals surface area contributed by atoms with Gasteiger partial charge in [-0.1, -0.05) is 0 Å². The highest BCUT2D eigenvalue weighted by molar-refractivity contribution is 7.11. The highest BCUT2D eigenvalue weighted by Gasteiger charge is 2.41. The second kappa shape index (κ2) is 4.14. The van der Waals surface area contributed by atoms with Crippen LogP contribution in [0, 0.1) is 13.8 Å². The first kappa shape index (κ1) is 11.5. The lowest BCUT2D eigenvalue weighted by atomic mass is 9.94. The maximum Gasteiger partial charge on any atom is 0.324 e. The van der Waals surface area contributed by atoms with E-state index in [2.05, 4.69) is 10.3 Å². The number of thiazole rings is 1. The van der Waals surface area contributed by atoms with Crippen LogP contribution in [0.4, 0.5) is 0 Å². The van der Waals surface area contributed by atoms with Gasteiger partial charge in [-0.15, -0.1) is 11.3 Å². The van der Waals surface area contributed by atoms with Gasteiger partial charge in [-0.25, -0.2) is 4.98 Å². The van der Waals surface area contributed by atoms with E-state index in [0.717, 1.165) is 23.7 Å². The first-order chi connectivity index (χ1) is 7.53. The number of carbonyl (C=O) groups is 1. The van der Waals surface area contributed by atoms with Crippen molar-refractivity contribution in [2.75, 3.05) is 6.54 Å². The number of nitrogens with zero attached hydrogens (tertiary/aromatic N) is 1. The molecule has 5 heteroatoms. The number of aliphatic carboxylic acids is 1. The van der Waals surface area contributed by atoms with Gasteiger partial charge in [0.25, 0.3) is 0 Å². The summed E-state index contributed by atoms with van der Waals surface area (Å²) in [5.74, 6) is -0.754. The predicted molar refractivity (Wildman–Crippen MR) is 62.9 cm³/mol. The number of aryl methyl sites for hydroxylation is 2. The molecule has 16 heavy (non-hydrogen) atoms. The molecule has 0 spiro atoms. The van der Waals surface area contributed by atoms with Crippen molar-refractivity contribution in [3.05, 3.63) is 15.6 Å². The number of carboxylic acid groups (broad SMARTS) is 1. The van der Waals surface area contributed by atoms with E-state index < -0.39 is 11.5 Å². The topological polar surface area (TPSA) is 62.2 Å². The predicted octanol–water partition coefficient (Wildman–Crippen LogP) is 1.51. The monoisotopic (exact) mass is 240 g/mol. The zero-order chi connectivity index (χ0) is 11.8. The number of carboxylic acids is 1.